The van der Waals surface area contributed by atoms with E-state index in [9.17, 15) is 0 Å². The molecule has 0 unspecified atom stereocenters. The number of nitrogens with two attached hydrogens (primary N) is 1. The molecule has 3 rings (SSSR count). The zero-order valence-corrected chi connectivity index (χ0v) is 26.8. The molecule has 8 heteroatoms. The van der Waals surface area contributed by atoms with Crippen molar-refractivity contribution in [2.24, 2.45) is 5.73 Å². The Balaban J connectivity index is 0. The summed E-state index contributed by atoms with van der Waals surface area (Å²) in [6, 6.07) is 22.0. The van der Waals surface area contributed by atoms with E-state index in [4.69, 9.17) is 18.7 Å². The normalized spacial score (nSPS) is 12.7. The van der Waals surface area contributed by atoms with E-state index in [-0.39, 0.29) is 20.4 Å². The molecule has 2 aromatic carbocycles. The van der Waals surface area contributed by atoms with Gasteiger partial charge in [-0.3, -0.25) is 0 Å². The van der Waals surface area contributed by atoms with Gasteiger partial charge in [0.15, 0.2) is 0 Å². The number of hydrogen-bond donors (Lipinski definition) is 1. The minimum absolute atomic E-state index is 0. The Kier molecular flexibility index (Phi) is 18.3. The summed E-state index contributed by atoms with van der Waals surface area (Å²) in [6.07, 6.45) is 7.66. The summed E-state index contributed by atoms with van der Waals surface area (Å²) in [6.45, 7) is 13.7. The zero-order valence-electron chi connectivity index (χ0n) is 23.6. The van der Waals surface area contributed by atoms with Gasteiger partial charge in [0.1, 0.15) is 0 Å². The summed E-state index contributed by atoms with van der Waals surface area (Å²) >= 11 is 0. The summed E-state index contributed by atoms with van der Waals surface area (Å²) in [5.74, 6) is 0. The molecule has 0 saturated heterocycles. The van der Waals surface area contributed by atoms with Crippen molar-refractivity contribution in [1.29, 1.82) is 0 Å². The van der Waals surface area contributed by atoms with Crippen LogP contribution in [0.25, 0.3) is 5.57 Å². The maximum atomic E-state index is 9.08. The quantitative estimate of drug-likeness (QED) is 0.170. The molecule has 0 amide bonds. The van der Waals surface area contributed by atoms with Crippen molar-refractivity contribution >= 4 is 30.0 Å². The second-order valence-electron chi connectivity index (χ2n) is 10.4. The number of allylic oxidation sites excluding steroid dienone is 2. The van der Waals surface area contributed by atoms with Crippen LogP contribution in [0, 0.1) is 12.1 Å². The Hall–Kier alpha value is -1.45. The predicted molar refractivity (Wildman–Crippen MR) is 157 cm³/mol. The van der Waals surface area contributed by atoms with Gasteiger partial charge in [-0.15, -0.1) is 48.0 Å². The molecule has 0 heterocycles. The monoisotopic (exact) mass is 636 g/mol. The minimum Gasteiger partial charge on any atom is -0.748 e. The van der Waals surface area contributed by atoms with Gasteiger partial charge in [-0.1, -0.05) is 65.4 Å². The topological polar surface area (TPSA) is 86.5 Å². The summed E-state index contributed by atoms with van der Waals surface area (Å²) < 4.78 is 27.2. The van der Waals surface area contributed by atoms with Crippen LogP contribution in [0.5, 0.6) is 0 Å². The third kappa shape index (κ3) is 23.4. The first-order chi connectivity index (χ1) is 16.4. The molecule has 0 spiro atoms. The van der Waals surface area contributed by atoms with Gasteiger partial charge in [-0.2, -0.15) is 40.2 Å². The largest absolute Gasteiger partial charge is 2.00 e. The van der Waals surface area contributed by atoms with E-state index in [2.05, 4.69) is 82.9 Å². The number of hydrogen-bond acceptors (Lipinski definition) is 5. The average molecular weight is 637 g/mol. The molecule has 0 bridgehead atoms. The van der Waals surface area contributed by atoms with Gasteiger partial charge >= 0.3 is 20.4 Å². The van der Waals surface area contributed by atoms with Crippen molar-refractivity contribution in [3.63, 3.8) is 0 Å². The Bertz CT molecular complexity index is 1010. The van der Waals surface area contributed by atoms with Gasteiger partial charge in [-0.05, 0) is 6.42 Å². The maximum Gasteiger partial charge on any atom is 2.00 e. The molecule has 5 nitrogen and oxygen atoms in total. The van der Waals surface area contributed by atoms with Crippen molar-refractivity contribution in [2.75, 3.05) is 25.3 Å². The molecular weight excluding hydrogens is 594 g/mol. The minimum atomic E-state index is -3.92. The molecule has 2 aromatic rings. The van der Waals surface area contributed by atoms with Gasteiger partial charge in [0.05, 0.1) is 10.1 Å². The Morgan fingerprint density at radius 3 is 1.76 bits per heavy atom. The van der Waals surface area contributed by atoms with E-state index >= 15 is 0 Å². The Morgan fingerprint density at radius 2 is 1.43 bits per heavy atom. The summed E-state index contributed by atoms with van der Waals surface area (Å²) in [5, 5.41) is 0.913. The predicted octanol–water partition coefficient (Wildman–Crippen LogP) is 6.76. The van der Waals surface area contributed by atoms with Gasteiger partial charge in [0.25, 0.3) is 0 Å². The molecule has 210 valence electrons. The summed E-state index contributed by atoms with van der Waals surface area (Å²) in [5.41, 5.74) is 9.48. The fraction of sp³-hybridized carbons (Fsp3) is 0.414. The van der Waals surface area contributed by atoms with Crippen LogP contribution in [0.2, 0.25) is 0 Å². The fourth-order valence-corrected chi connectivity index (χ4v) is 5.17. The second-order valence-corrected chi connectivity index (χ2v) is 14.7. The van der Waals surface area contributed by atoms with Crippen LogP contribution in [-0.2, 0) is 30.5 Å². The smallest absolute Gasteiger partial charge is 0.748 e. The van der Waals surface area contributed by atoms with E-state index in [1.54, 1.807) is 0 Å². The molecule has 0 atom stereocenters. The van der Waals surface area contributed by atoms with Crippen LogP contribution in [0.3, 0.4) is 0 Å². The first kappa shape index (κ1) is 37.7. The van der Waals surface area contributed by atoms with Crippen LogP contribution >= 0.6 is 8.58 Å². The Labute approximate surface area is 242 Å². The molecule has 0 aliphatic heterocycles. The molecule has 1 aliphatic carbocycles. The van der Waals surface area contributed by atoms with Crippen molar-refractivity contribution < 1.29 is 33.4 Å². The van der Waals surface area contributed by atoms with Gasteiger partial charge in [0, 0.05) is 20.4 Å². The van der Waals surface area contributed by atoms with Crippen LogP contribution in [-0.4, -0.2) is 43.6 Å². The van der Waals surface area contributed by atoms with Crippen LogP contribution < -0.4 is 10.6 Å². The van der Waals surface area contributed by atoms with Gasteiger partial charge < -0.3 is 23.8 Å². The van der Waals surface area contributed by atoms with E-state index in [1.165, 1.54) is 19.8 Å². The zero-order chi connectivity index (χ0) is 28.0. The maximum absolute atomic E-state index is 9.08. The van der Waals surface area contributed by atoms with Crippen molar-refractivity contribution in [1.82, 2.24) is 0 Å². The van der Waals surface area contributed by atoms with Crippen LogP contribution in [0.15, 0.2) is 72.8 Å². The molecule has 1 aliphatic rings. The second kappa shape index (κ2) is 17.9. The SMILES string of the molecule is CC(C)(C)[P-]C(C)(C)C.CN(C)c1cc[c-]cc1.CS(=O)(=O)[O-].N[C-]1CC=CC=C1c1ccccc1.[Pd+2]. The van der Waals surface area contributed by atoms with Gasteiger partial charge in [-0.25, -0.2) is 8.42 Å². The third-order valence-electron chi connectivity index (χ3n) is 4.06. The number of benzene rings is 2. The first-order valence-electron chi connectivity index (χ1n) is 11.7. The van der Waals surface area contributed by atoms with Crippen molar-refractivity contribution in [3.05, 3.63) is 90.5 Å². The summed E-state index contributed by atoms with van der Waals surface area (Å²) in [4.78, 5) is 2.06. The molecule has 2 N–H and O–H groups in total. The van der Waals surface area contributed by atoms with Crippen molar-refractivity contribution in [2.45, 2.75) is 58.3 Å². The summed E-state index contributed by atoms with van der Waals surface area (Å²) in [7, 11) is 1.66. The van der Waals surface area contributed by atoms with Crippen molar-refractivity contribution in [3.8, 4) is 0 Å². The fourth-order valence-electron chi connectivity index (χ4n) is 3.16. The van der Waals surface area contributed by atoms with Gasteiger partial charge in [0.2, 0.25) is 0 Å². The molecule has 0 radical (unpaired) electrons. The Morgan fingerprint density at radius 1 is 0.973 bits per heavy atom. The molecule has 0 fully saturated rings. The molecular formula is C29H43N2O3PPdS-2. The van der Waals surface area contributed by atoms with E-state index in [0.29, 0.717) is 16.6 Å². The standard InChI is InChI=1S/C12H12N.C8H10N.C8H18P.CH4O3S.Pd/c13-12-9-5-4-8-11(12)10-6-2-1-3-7-10;1-9(2)8-6-4-3-5-7-8;1-7(2,3)9-8(4,5)6;1-5(2,3)4;/h1-8H,9,13H2;4-7H,1-2H3;1-6H3;1H3,(H,2,3,4);/q3*-1;;+2/p-1. The average Bonchev–Trinajstić information content (AvgIpc) is 2.72. The van der Waals surface area contributed by atoms with Crippen LogP contribution in [0.1, 0.15) is 53.5 Å². The number of rotatable bonds is 2. The van der Waals surface area contributed by atoms with Crippen LogP contribution in [0.4, 0.5) is 5.69 Å². The molecule has 0 saturated carbocycles. The molecule has 0 aromatic heterocycles. The van der Waals surface area contributed by atoms with E-state index in [1.807, 2.05) is 56.6 Å². The first-order valence-corrected chi connectivity index (χ1v) is 14.4. The number of nitrogens with zero attached hydrogens (tertiary/aromatic N) is 1. The third-order valence-corrected chi connectivity index (χ3v) is 5.40. The number of anilines is 1. The molecule has 37 heavy (non-hydrogen) atoms. The van der Waals surface area contributed by atoms with E-state index in [0.717, 1.165) is 18.0 Å². The van der Waals surface area contributed by atoms with E-state index < -0.39 is 10.1 Å².